The lowest BCUT2D eigenvalue weighted by Crippen LogP contribution is -2.49. The minimum absolute atomic E-state index is 0.0534. The molecule has 0 radical (unpaired) electrons. The van der Waals surface area contributed by atoms with E-state index in [2.05, 4.69) is 35.5 Å². The standard InChI is InChI=1S/C20H24N2O/c1-5-20(6-2,7-3)21-19(23)15-22(4)18-13-12-16-10-8-9-11-17(16)14-18/h1,8-14H,6-7,15H2,2-4H3,(H,21,23). The van der Waals surface area contributed by atoms with Crippen LogP contribution in [0.2, 0.25) is 0 Å². The van der Waals surface area contributed by atoms with E-state index in [1.807, 2.05) is 44.0 Å². The van der Waals surface area contributed by atoms with Crippen molar-refractivity contribution in [2.24, 2.45) is 0 Å². The number of benzene rings is 2. The van der Waals surface area contributed by atoms with Gasteiger partial charge in [0.25, 0.3) is 0 Å². The molecule has 0 bridgehead atoms. The van der Waals surface area contributed by atoms with Crippen LogP contribution in [-0.4, -0.2) is 25.0 Å². The zero-order chi connectivity index (χ0) is 16.9. The lowest BCUT2D eigenvalue weighted by atomic mass is 9.94. The zero-order valence-electron chi connectivity index (χ0n) is 14.1. The molecule has 23 heavy (non-hydrogen) atoms. The predicted octanol–water partition coefficient (Wildman–Crippen LogP) is 3.58. The molecule has 0 fully saturated rings. The van der Waals surface area contributed by atoms with Crippen LogP contribution in [0.5, 0.6) is 0 Å². The molecule has 2 aromatic carbocycles. The molecule has 3 heteroatoms. The van der Waals surface area contributed by atoms with Gasteiger partial charge in [0.2, 0.25) is 5.91 Å². The molecule has 0 aliphatic rings. The fraction of sp³-hybridized carbons (Fsp3) is 0.350. The van der Waals surface area contributed by atoms with Crippen molar-refractivity contribution >= 4 is 22.4 Å². The molecule has 1 N–H and O–H groups in total. The summed E-state index contributed by atoms with van der Waals surface area (Å²) in [5.74, 6) is 2.68. The summed E-state index contributed by atoms with van der Waals surface area (Å²) in [4.78, 5) is 14.3. The first kappa shape index (κ1) is 16.9. The summed E-state index contributed by atoms with van der Waals surface area (Å²) in [6.45, 7) is 4.27. The lowest BCUT2D eigenvalue weighted by Gasteiger charge is -2.28. The van der Waals surface area contributed by atoms with Crippen LogP contribution >= 0.6 is 0 Å². The molecule has 0 heterocycles. The summed E-state index contributed by atoms with van der Waals surface area (Å²) in [6, 6.07) is 14.4. The number of hydrogen-bond acceptors (Lipinski definition) is 2. The minimum atomic E-state index is -0.540. The molecule has 0 spiro atoms. The summed E-state index contributed by atoms with van der Waals surface area (Å²) in [5, 5.41) is 5.36. The Morgan fingerprint density at radius 3 is 2.43 bits per heavy atom. The molecule has 0 aliphatic heterocycles. The van der Waals surface area contributed by atoms with Gasteiger partial charge in [-0.1, -0.05) is 50.1 Å². The highest BCUT2D eigenvalue weighted by Crippen LogP contribution is 2.21. The van der Waals surface area contributed by atoms with Crippen LogP contribution in [0.25, 0.3) is 10.8 Å². The summed E-state index contributed by atoms with van der Waals surface area (Å²) in [7, 11) is 1.92. The first-order valence-electron chi connectivity index (χ1n) is 8.02. The Balaban J connectivity index is 2.09. The van der Waals surface area contributed by atoms with Crippen LogP contribution in [0.4, 0.5) is 5.69 Å². The summed E-state index contributed by atoms with van der Waals surface area (Å²) >= 11 is 0. The van der Waals surface area contributed by atoms with Gasteiger partial charge in [-0.05, 0) is 35.7 Å². The number of amides is 1. The molecular formula is C20H24N2O. The van der Waals surface area contributed by atoms with Crippen molar-refractivity contribution in [2.75, 3.05) is 18.5 Å². The number of carbonyl (C=O) groups excluding carboxylic acids is 1. The van der Waals surface area contributed by atoms with Crippen LogP contribution in [0, 0.1) is 12.3 Å². The number of hydrogen-bond donors (Lipinski definition) is 1. The smallest absolute Gasteiger partial charge is 0.240 e. The highest BCUT2D eigenvalue weighted by Gasteiger charge is 2.25. The first-order chi connectivity index (χ1) is 11.0. The highest BCUT2D eigenvalue weighted by atomic mass is 16.2. The van der Waals surface area contributed by atoms with Crippen LogP contribution in [0.1, 0.15) is 26.7 Å². The third-order valence-corrected chi connectivity index (χ3v) is 4.42. The van der Waals surface area contributed by atoms with Crippen molar-refractivity contribution in [3.05, 3.63) is 42.5 Å². The van der Waals surface area contributed by atoms with E-state index in [0.717, 1.165) is 23.9 Å². The fourth-order valence-electron chi connectivity index (χ4n) is 2.69. The van der Waals surface area contributed by atoms with Gasteiger partial charge in [-0.3, -0.25) is 4.79 Å². The monoisotopic (exact) mass is 308 g/mol. The van der Waals surface area contributed by atoms with E-state index in [-0.39, 0.29) is 12.5 Å². The Hall–Kier alpha value is -2.47. The third-order valence-electron chi connectivity index (χ3n) is 4.42. The van der Waals surface area contributed by atoms with Crippen molar-refractivity contribution in [3.63, 3.8) is 0 Å². The predicted molar refractivity (Wildman–Crippen MR) is 97.5 cm³/mol. The van der Waals surface area contributed by atoms with Gasteiger partial charge in [-0.15, -0.1) is 6.42 Å². The van der Waals surface area contributed by atoms with Crippen LogP contribution in [-0.2, 0) is 4.79 Å². The van der Waals surface area contributed by atoms with Gasteiger partial charge in [0, 0.05) is 12.7 Å². The number of nitrogens with one attached hydrogen (secondary N) is 1. The number of likely N-dealkylation sites (N-methyl/N-ethyl adjacent to an activating group) is 1. The molecule has 3 nitrogen and oxygen atoms in total. The molecule has 0 saturated heterocycles. The van der Waals surface area contributed by atoms with E-state index in [1.54, 1.807) is 0 Å². The Morgan fingerprint density at radius 1 is 1.17 bits per heavy atom. The molecular weight excluding hydrogens is 284 g/mol. The summed E-state index contributed by atoms with van der Waals surface area (Å²) < 4.78 is 0. The normalized spacial score (nSPS) is 11.0. The summed E-state index contributed by atoms with van der Waals surface area (Å²) in [6.07, 6.45) is 7.06. The fourth-order valence-corrected chi connectivity index (χ4v) is 2.69. The van der Waals surface area contributed by atoms with Crippen molar-refractivity contribution in [3.8, 4) is 12.3 Å². The van der Waals surface area contributed by atoms with Gasteiger partial charge in [-0.25, -0.2) is 0 Å². The van der Waals surface area contributed by atoms with Crippen molar-refractivity contribution in [1.82, 2.24) is 5.32 Å². The maximum absolute atomic E-state index is 12.3. The van der Waals surface area contributed by atoms with E-state index < -0.39 is 5.54 Å². The van der Waals surface area contributed by atoms with Gasteiger partial charge in [0.15, 0.2) is 0 Å². The molecule has 2 rings (SSSR count). The van der Waals surface area contributed by atoms with Crippen molar-refractivity contribution < 1.29 is 4.79 Å². The first-order valence-corrected chi connectivity index (χ1v) is 8.02. The van der Waals surface area contributed by atoms with Crippen molar-refractivity contribution in [1.29, 1.82) is 0 Å². The Bertz CT molecular complexity index is 726. The van der Waals surface area contributed by atoms with E-state index in [4.69, 9.17) is 6.42 Å². The zero-order valence-corrected chi connectivity index (χ0v) is 14.1. The Labute approximate surface area is 138 Å². The van der Waals surface area contributed by atoms with E-state index >= 15 is 0 Å². The summed E-state index contributed by atoms with van der Waals surface area (Å²) in [5.41, 5.74) is 0.472. The van der Waals surface area contributed by atoms with E-state index in [1.165, 1.54) is 5.39 Å². The van der Waals surface area contributed by atoms with E-state index in [0.29, 0.717) is 0 Å². The molecule has 120 valence electrons. The number of carbonyl (C=O) groups is 1. The minimum Gasteiger partial charge on any atom is -0.365 e. The molecule has 2 aromatic rings. The SMILES string of the molecule is C#CC(CC)(CC)NC(=O)CN(C)c1ccc2ccccc2c1. The van der Waals surface area contributed by atoms with Gasteiger partial charge in [0.1, 0.15) is 5.54 Å². The van der Waals surface area contributed by atoms with Crippen LogP contribution in [0.15, 0.2) is 42.5 Å². The number of terminal acetylenes is 1. The van der Waals surface area contributed by atoms with Gasteiger partial charge >= 0.3 is 0 Å². The van der Waals surface area contributed by atoms with Crippen LogP contribution < -0.4 is 10.2 Å². The second kappa shape index (κ2) is 7.19. The Kier molecular flexibility index (Phi) is 5.28. The molecule has 1 amide bonds. The third kappa shape index (κ3) is 3.84. The van der Waals surface area contributed by atoms with Crippen molar-refractivity contribution in [2.45, 2.75) is 32.2 Å². The molecule has 0 saturated carbocycles. The second-order valence-corrected chi connectivity index (χ2v) is 5.87. The topological polar surface area (TPSA) is 32.3 Å². The number of rotatable bonds is 6. The maximum Gasteiger partial charge on any atom is 0.240 e. The number of nitrogens with zero attached hydrogens (tertiary/aromatic N) is 1. The molecule has 0 aromatic heterocycles. The maximum atomic E-state index is 12.3. The molecule has 0 aliphatic carbocycles. The lowest BCUT2D eigenvalue weighted by molar-refractivity contribution is -0.121. The molecule has 0 unspecified atom stereocenters. The Morgan fingerprint density at radius 2 is 1.83 bits per heavy atom. The second-order valence-electron chi connectivity index (χ2n) is 5.87. The van der Waals surface area contributed by atoms with Crippen LogP contribution in [0.3, 0.4) is 0 Å². The van der Waals surface area contributed by atoms with Gasteiger partial charge in [0.05, 0.1) is 6.54 Å². The quantitative estimate of drug-likeness (QED) is 0.827. The molecule has 0 atom stereocenters. The van der Waals surface area contributed by atoms with Gasteiger partial charge < -0.3 is 10.2 Å². The number of anilines is 1. The average Bonchev–Trinajstić information content (AvgIpc) is 2.59. The largest absolute Gasteiger partial charge is 0.365 e. The number of fused-ring (bicyclic) bond motifs is 1. The highest BCUT2D eigenvalue weighted by molar-refractivity contribution is 5.87. The van der Waals surface area contributed by atoms with Gasteiger partial charge in [-0.2, -0.15) is 0 Å². The van der Waals surface area contributed by atoms with E-state index in [9.17, 15) is 4.79 Å². The average molecular weight is 308 g/mol.